The van der Waals surface area contributed by atoms with Crippen LogP contribution >= 0.6 is 0 Å². The topological polar surface area (TPSA) is 24.9 Å². The van der Waals surface area contributed by atoms with Gasteiger partial charge in [-0.3, -0.25) is 4.98 Å². The standard InChI is InChI=1S/C17H26N2/c1-12(2)17(13(3)4)16-7-5-6-15(19-16)14-8-10-18-11-9-14/h5-8,12-13,17-18H,9-11H2,1-4H3. The van der Waals surface area contributed by atoms with Crippen LogP contribution in [0, 0.1) is 11.8 Å². The van der Waals surface area contributed by atoms with E-state index in [0.29, 0.717) is 17.8 Å². The summed E-state index contributed by atoms with van der Waals surface area (Å²) in [6, 6.07) is 6.51. The van der Waals surface area contributed by atoms with Gasteiger partial charge in [-0.2, -0.15) is 0 Å². The minimum Gasteiger partial charge on any atom is -0.313 e. The Balaban J connectivity index is 2.30. The number of hydrogen-bond donors (Lipinski definition) is 1. The molecule has 0 saturated carbocycles. The summed E-state index contributed by atoms with van der Waals surface area (Å²) in [6.07, 6.45) is 3.36. The molecule has 1 aromatic rings. The van der Waals surface area contributed by atoms with Gasteiger partial charge in [-0.15, -0.1) is 0 Å². The van der Waals surface area contributed by atoms with Crippen molar-refractivity contribution < 1.29 is 0 Å². The Hall–Kier alpha value is -1.15. The van der Waals surface area contributed by atoms with E-state index in [1.54, 1.807) is 0 Å². The summed E-state index contributed by atoms with van der Waals surface area (Å²) in [4.78, 5) is 4.94. The Morgan fingerprint density at radius 3 is 2.42 bits per heavy atom. The smallest absolute Gasteiger partial charge is 0.0662 e. The molecule has 0 atom stereocenters. The van der Waals surface area contributed by atoms with Crippen LogP contribution in [0.15, 0.2) is 24.3 Å². The molecule has 2 heterocycles. The predicted molar refractivity (Wildman–Crippen MR) is 82.1 cm³/mol. The van der Waals surface area contributed by atoms with E-state index in [4.69, 9.17) is 4.98 Å². The van der Waals surface area contributed by atoms with Crippen molar-refractivity contribution in [3.8, 4) is 0 Å². The predicted octanol–water partition coefficient (Wildman–Crippen LogP) is 3.85. The van der Waals surface area contributed by atoms with Crippen LogP contribution in [0.1, 0.15) is 51.4 Å². The fraction of sp³-hybridized carbons (Fsp3) is 0.588. The first-order valence-corrected chi connectivity index (χ1v) is 7.46. The van der Waals surface area contributed by atoms with Crippen molar-refractivity contribution in [3.05, 3.63) is 35.7 Å². The first-order chi connectivity index (χ1) is 9.09. The van der Waals surface area contributed by atoms with Crippen molar-refractivity contribution in [1.82, 2.24) is 10.3 Å². The quantitative estimate of drug-likeness (QED) is 0.887. The van der Waals surface area contributed by atoms with Crippen LogP contribution in [0.3, 0.4) is 0 Å². The number of hydrogen-bond acceptors (Lipinski definition) is 2. The van der Waals surface area contributed by atoms with E-state index in [9.17, 15) is 0 Å². The third-order valence-corrected chi connectivity index (χ3v) is 3.94. The summed E-state index contributed by atoms with van der Waals surface area (Å²) >= 11 is 0. The van der Waals surface area contributed by atoms with E-state index >= 15 is 0 Å². The highest BCUT2D eigenvalue weighted by molar-refractivity contribution is 5.63. The molecule has 0 aromatic carbocycles. The van der Waals surface area contributed by atoms with Crippen LogP contribution in [-0.4, -0.2) is 18.1 Å². The van der Waals surface area contributed by atoms with Gasteiger partial charge in [-0.1, -0.05) is 39.8 Å². The normalized spacial score (nSPS) is 16.3. The molecule has 1 N–H and O–H groups in total. The molecular weight excluding hydrogens is 232 g/mol. The second-order valence-electron chi connectivity index (χ2n) is 6.14. The van der Waals surface area contributed by atoms with Gasteiger partial charge < -0.3 is 5.32 Å². The molecule has 2 rings (SSSR count). The molecular formula is C17H26N2. The highest BCUT2D eigenvalue weighted by atomic mass is 14.9. The molecule has 0 bridgehead atoms. The van der Waals surface area contributed by atoms with Crippen LogP contribution in [-0.2, 0) is 0 Å². The number of rotatable bonds is 4. The molecule has 0 radical (unpaired) electrons. The fourth-order valence-corrected chi connectivity index (χ4v) is 3.12. The number of aromatic nitrogens is 1. The molecule has 0 fully saturated rings. The summed E-state index contributed by atoms with van der Waals surface area (Å²) in [5.74, 6) is 1.80. The summed E-state index contributed by atoms with van der Waals surface area (Å²) in [5.41, 5.74) is 3.82. The Labute approximate surface area is 117 Å². The lowest BCUT2D eigenvalue weighted by molar-refractivity contribution is 0.380. The van der Waals surface area contributed by atoms with E-state index in [1.807, 2.05) is 0 Å². The van der Waals surface area contributed by atoms with Gasteiger partial charge in [0.05, 0.1) is 5.69 Å². The maximum Gasteiger partial charge on any atom is 0.0662 e. The van der Waals surface area contributed by atoms with Crippen LogP contribution < -0.4 is 5.32 Å². The Morgan fingerprint density at radius 2 is 1.84 bits per heavy atom. The second kappa shape index (κ2) is 6.33. The van der Waals surface area contributed by atoms with Crippen LogP contribution in [0.4, 0.5) is 0 Å². The number of nitrogens with one attached hydrogen (secondary N) is 1. The molecule has 0 unspecified atom stereocenters. The van der Waals surface area contributed by atoms with Crippen LogP contribution in [0.25, 0.3) is 5.57 Å². The lowest BCUT2D eigenvalue weighted by Crippen LogP contribution is -2.21. The molecule has 0 saturated heterocycles. The van der Waals surface area contributed by atoms with Gasteiger partial charge in [0.1, 0.15) is 0 Å². The summed E-state index contributed by atoms with van der Waals surface area (Å²) < 4.78 is 0. The van der Waals surface area contributed by atoms with Crippen molar-refractivity contribution in [2.75, 3.05) is 13.1 Å². The highest BCUT2D eigenvalue weighted by Gasteiger charge is 2.21. The van der Waals surface area contributed by atoms with E-state index in [1.165, 1.54) is 17.0 Å². The lowest BCUT2D eigenvalue weighted by atomic mass is 9.82. The maximum absolute atomic E-state index is 4.94. The zero-order valence-corrected chi connectivity index (χ0v) is 12.6. The van der Waals surface area contributed by atoms with Crippen LogP contribution in [0.2, 0.25) is 0 Å². The van der Waals surface area contributed by atoms with E-state index in [2.05, 4.69) is 57.3 Å². The third kappa shape index (κ3) is 3.44. The highest BCUT2D eigenvalue weighted by Crippen LogP contribution is 2.31. The molecule has 104 valence electrons. The van der Waals surface area contributed by atoms with Crippen LogP contribution in [0.5, 0.6) is 0 Å². The molecule has 0 amide bonds. The zero-order valence-electron chi connectivity index (χ0n) is 12.6. The second-order valence-corrected chi connectivity index (χ2v) is 6.14. The average Bonchev–Trinajstić information content (AvgIpc) is 2.39. The van der Waals surface area contributed by atoms with Crippen molar-refractivity contribution in [1.29, 1.82) is 0 Å². The first kappa shape index (κ1) is 14.3. The largest absolute Gasteiger partial charge is 0.313 e. The van der Waals surface area contributed by atoms with Crippen molar-refractivity contribution >= 4 is 5.57 Å². The van der Waals surface area contributed by atoms with E-state index in [0.717, 1.165) is 19.5 Å². The van der Waals surface area contributed by atoms with Crippen molar-refractivity contribution in [3.63, 3.8) is 0 Å². The van der Waals surface area contributed by atoms with E-state index in [-0.39, 0.29) is 0 Å². The zero-order chi connectivity index (χ0) is 13.8. The molecule has 1 aliphatic rings. The molecule has 1 aromatic heterocycles. The molecule has 1 aliphatic heterocycles. The van der Waals surface area contributed by atoms with Crippen molar-refractivity contribution in [2.45, 2.75) is 40.0 Å². The van der Waals surface area contributed by atoms with Gasteiger partial charge in [0.15, 0.2) is 0 Å². The first-order valence-electron chi connectivity index (χ1n) is 7.46. The summed E-state index contributed by atoms with van der Waals surface area (Å²) in [5, 5.41) is 3.35. The summed E-state index contributed by atoms with van der Waals surface area (Å²) in [6.45, 7) is 11.2. The third-order valence-electron chi connectivity index (χ3n) is 3.94. The van der Waals surface area contributed by atoms with E-state index < -0.39 is 0 Å². The molecule has 19 heavy (non-hydrogen) atoms. The summed E-state index contributed by atoms with van der Waals surface area (Å²) in [7, 11) is 0. The van der Waals surface area contributed by atoms with Gasteiger partial charge in [0.25, 0.3) is 0 Å². The number of pyridine rings is 1. The number of nitrogens with zero attached hydrogens (tertiary/aromatic N) is 1. The Kier molecular flexibility index (Phi) is 4.76. The molecule has 2 nitrogen and oxygen atoms in total. The maximum atomic E-state index is 4.94. The van der Waals surface area contributed by atoms with Crippen molar-refractivity contribution in [2.24, 2.45) is 11.8 Å². The van der Waals surface area contributed by atoms with Gasteiger partial charge in [0.2, 0.25) is 0 Å². The van der Waals surface area contributed by atoms with Gasteiger partial charge in [0, 0.05) is 18.2 Å². The lowest BCUT2D eigenvalue weighted by Gasteiger charge is -2.25. The SMILES string of the molecule is CC(C)C(c1cccc(C2=CCNCC2)n1)C(C)C. The Bertz CT molecular complexity index is 438. The monoisotopic (exact) mass is 258 g/mol. The van der Waals surface area contributed by atoms with Gasteiger partial charge in [-0.05, 0) is 42.5 Å². The molecule has 0 spiro atoms. The average molecular weight is 258 g/mol. The molecule has 2 heteroatoms. The molecule has 0 aliphatic carbocycles. The van der Waals surface area contributed by atoms with Gasteiger partial charge in [-0.25, -0.2) is 0 Å². The van der Waals surface area contributed by atoms with Gasteiger partial charge >= 0.3 is 0 Å². The fourth-order valence-electron chi connectivity index (χ4n) is 3.12. The minimum atomic E-state index is 0.544. The minimum absolute atomic E-state index is 0.544. The Morgan fingerprint density at radius 1 is 1.11 bits per heavy atom.